The molecule has 1 aromatic heterocycles. The molecule has 6 nitrogen and oxygen atoms in total. The predicted molar refractivity (Wildman–Crippen MR) is 81.7 cm³/mol. The second-order valence-electron chi connectivity index (χ2n) is 5.49. The number of amides is 1. The molecule has 0 spiro atoms. The van der Waals surface area contributed by atoms with Gasteiger partial charge >= 0.3 is 0 Å². The van der Waals surface area contributed by atoms with Crippen LogP contribution in [0.15, 0.2) is 22.8 Å². The Kier molecular flexibility index (Phi) is 6.22. The van der Waals surface area contributed by atoms with Crippen LogP contribution in [0, 0.1) is 0 Å². The van der Waals surface area contributed by atoms with Gasteiger partial charge in [0.1, 0.15) is 5.76 Å². The van der Waals surface area contributed by atoms with Crippen LogP contribution in [-0.2, 0) is 11.3 Å². The van der Waals surface area contributed by atoms with Crippen LogP contribution in [-0.4, -0.2) is 61.0 Å². The molecule has 2 heterocycles. The smallest absolute Gasteiger partial charge is 0.237 e. The SMILES string of the molecule is CC(C(=O)NCc1ccco1)N1CCN(CCCN)CC1. The van der Waals surface area contributed by atoms with Crippen molar-refractivity contribution in [3.63, 3.8) is 0 Å². The number of carbonyl (C=O) groups is 1. The third-order valence-electron chi connectivity index (χ3n) is 4.03. The van der Waals surface area contributed by atoms with Crippen LogP contribution in [0.4, 0.5) is 0 Å². The van der Waals surface area contributed by atoms with Gasteiger partial charge in [-0.05, 0) is 38.6 Å². The summed E-state index contributed by atoms with van der Waals surface area (Å²) in [7, 11) is 0. The zero-order valence-electron chi connectivity index (χ0n) is 12.8. The normalized spacial score (nSPS) is 18.6. The van der Waals surface area contributed by atoms with Gasteiger partial charge < -0.3 is 20.4 Å². The summed E-state index contributed by atoms with van der Waals surface area (Å²) in [5.41, 5.74) is 5.54. The average Bonchev–Trinajstić information content (AvgIpc) is 3.04. The van der Waals surface area contributed by atoms with Gasteiger partial charge in [-0.1, -0.05) is 0 Å². The number of hydrogen-bond donors (Lipinski definition) is 2. The molecular formula is C15H26N4O2. The van der Waals surface area contributed by atoms with Crippen LogP contribution in [0.25, 0.3) is 0 Å². The largest absolute Gasteiger partial charge is 0.467 e. The van der Waals surface area contributed by atoms with Gasteiger partial charge in [0.15, 0.2) is 0 Å². The maximum atomic E-state index is 12.2. The lowest BCUT2D eigenvalue weighted by Gasteiger charge is -2.37. The molecule has 0 saturated carbocycles. The molecule has 21 heavy (non-hydrogen) atoms. The molecule has 0 aromatic carbocycles. The van der Waals surface area contributed by atoms with Crippen molar-refractivity contribution in [2.24, 2.45) is 5.73 Å². The van der Waals surface area contributed by atoms with Crippen LogP contribution in [0.3, 0.4) is 0 Å². The molecule has 1 unspecified atom stereocenters. The van der Waals surface area contributed by atoms with E-state index < -0.39 is 0 Å². The Bertz CT molecular complexity index is 413. The van der Waals surface area contributed by atoms with Crippen molar-refractivity contribution >= 4 is 5.91 Å². The second kappa shape index (κ2) is 8.17. The minimum absolute atomic E-state index is 0.0572. The summed E-state index contributed by atoms with van der Waals surface area (Å²) in [6.45, 7) is 8.10. The first-order valence-corrected chi connectivity index (χ1v) is 7.67. The van der Waals surface area contributed by atoms with Gasteiger partial charge in [-0.2, -0.15) is 0 Å². The average molecular weight is 294 g/mol. The van der Waals surface area contributed by atoms with Crippen molar-refractivity contribution in [2.45, 2.75) is 25.9 Å². The fraction of sp³-hybridized carbons (Fsp3) is 0.667. The van der Waals surface area contributed by atoms with Gasteiger partial charge in [0.25, 0.3) is 0 Å². The van der Waals surface area contributed by atoms with Gasteiger partial charge in [-0.25, -0.2) is 0 Å². The number of furan rings is 1. The standard InChI is InChI=1S/C15H26N4O2/c1-13(15(20)17-12-14-4-2-11-21-14)19-9-7-18(8-10-19)6-3-5-16/h2,4,11,13H,3,5-10,12,16H2,1H3,(H,17,20). The van der Waals surface area contributed by atoms with Crippen molar-refractivity contribution in [1.29, 1.82) is 0 Å². The van der Waals surface area contributed by atoms with E-state index in [2.05, 4.69) is 15.1 Å². The van der Waals surface area contributed by atoms with Gasteiger partial charge in [0.05, 0.1) is 18.8 Å². The third-order valence-corrected chi connectivity index (χ3v) is 4.03. The number of nitrogens with zero attached hydrogens (tertiary/aromatic N) is 2. The Balaban J connectivity index is 1.70. The Morgan fingerprint density at radius 2 is 2.19 bits per heavy atom. The summed E-state index contributed by atoms with van der Waals surface area (Å²) < 4.78 is 5.22. The highest BCUT2D eigenvalue weighted by Crippen LogP contribution is 2.07. The third kappa shape index (κ3) is 4.84. The van der Waals surface area contributed by atoms with E-state index >= 15 is 0 Å². The molecule has 2 rings (SSSR count). The zero-order valence-corrected chi connectivity index (χ0v) is 12.8. The number of carbonyl (C=O) groups excluding carboxylic acids is 1. The van der Waals surface area contributed by atoms with Crippen molar-refractivity contribution in [1.82, 2.24) is 15.1 Å². The fourth-order valence-electron chi connectivity index (χ4n) is 2.59. The molecule has 118 valence electrons. The van der Waals surface area contributed by atoms with Crippen LogP contribution in [0.2, 0.25) is 0 Å². The molecule has 1 aliphatic rings. The summed E-state index contributed by atoms with van der Waals surface area (Å²) in [5, 5.41) is 2.92. The van der Waals surface area contributed by atoms with E-state index in [4.69, 9.17) is 10.2 Å². The molecule has 3 N–H and O–H groups in total. The fourth-order valence-corrected chi connectivity index (χ4v) is 2.59. The summed E-state index contributed by atoms with van der Waals surface area (Å²) >= 11 is 0. The summed E-state index contributed by atoms with van der Waals surface area (Å²) in [5.74, 6) is 0.837. The van der Waals surface area contributed by atoms with E-state index in [1.165, 1.54) is 0 Å². The van der Waals surface area contributed by atoms with E-state index in [0.29, 0.717) is 6.54 Å². The van der Waals surface area contributed by atoms with E-state index in [1.54, 1.807) is 6.26 Å². The van der Waals surface area contributed by atoms with Crippen molar-refractivity contribution in [3.05, 3.63) is 24.2 Å². The zero-order chi connectivity index (χ0) is 15.1. The molecule has 1 amide bonds. The van der Waals surface area contributed by atoms with Gasteiger partial charge in [-0.3, -0.25) is 9.69 Å². The van der Waals surface area contributed by atoms with E-state index in [9.17, 15) is 4.79 Å². The highest BCUT2D eigenvalue weighted by atomic mass is 16.3. The van der Waals surface area contributed by atoms with Crippen molar-refractivity contribution in [3.8, 4) is 0 Å². The quantitative estimate of drug-likeness (QED) is 0.754. The van der Waals surface area contributed by atoms with E-state index in [-0.39, 0.29) is 11.9 Å². The molecular weight excluding hydrogens is 268 g/mol. The maximum absolute atomic E-state index is 12.2. The predicted octanol–water partition coefficient (Wildman–Crippen LogP) is 0.251. The molecule has 0 radical (unpaired) electrons. The number of nitrogens with one attached hydrogen (secondary N) is 1. The molecule has 1 atom stereocenters. The highest BCUT2D eigenvalue weighted by Gasteiger charge is 2.25. The first kappa shape index (κ1) is 16.0. The molecule has 1 fully saturated rings. The maximum Gasteiger partial charge on any atom is 0.237 e. The number of hydrogen-bond acceptors (Lipinski definition) is 5. The number of piperazine rings is 1. The van der Waals surface area contributed by atoms with Crippen molar-refractivity contribution in [2.75, 3.05) is 39.3 Å². The van der Waals surface area contributed by atoms with Gasteiger partial charge in [0.2, 0.25) is 5.91 Å². The monoisotopic (exact) mass is 294 g/mol. The lowest BCUT2D eigenvalue weighted by Crippen LogP contribution is -2.53. The topological polar surface area (TPSA) is 74.7 Å². The first-order chi connectivity index (χ1) is 10.2. The Morgan fingerprint density at radius 3 is 2.81 bits per heavy atom. The van der Waals surface area contributed by atoms with E-state index in [1.807, 2.05) is 19.1 Å². The second-order valence-corrected chi connectivity index (χ2v) is 5.49. The molecule has 1 saturated heterocycles. The van der Waals surface area contributed by atoms with Gasteiger partial charge in [-0.15, -0.1) is 0 Å². The van der Waals surface area contributed by atoms with Crippen LogP contribution in [0.1, 0.15) is 19.1 Å². The Labute approximate surface area is 126 Å². The molecule has 1 aliphatic heterocycles. The van der Waals surface area contributed by atoms with Crippen LogP contribution in [0.5, 0.6) is 0 Å². The minimum Gasteiger partial charge on any atom is -0.467 e. The number of nitrogens with two attached hydrogens (primary N) is 1. The van der Waals surface area contributed by atoms with Gasteiger partial charge in [0, 0.05) is 26.2 Å². The number of rotatable bonds is 7. The van der Waals surface area contributed by atoms with Crippen LogP contribution >= 0.6 is 0 Å². The molecule has 6 heteroatoms. The summed E-state index contributed by atoms with van der Waals surface area (Å²) in [6.07, 6.45) is 2.66. The summed E-state index contributed by atoms with van der Waals surface area (Å²) in [6, 6.07) is 3.59. The Morgan fingerprint density at radius 1 is 1.43 bits per heavy atom. The van der Waals surface area contributed by atoms with Crippen LogP contribution < -0.4 is 11.1 Å². The van der Waals surface area contributed by atoms with Crippen molar-refractivity contribution < 1.29 is 9.21 Å². The summed E-state index contributed by atoms with van der Waals surface area (Å²) in [4.78, 5) is 16.8. The molecule has 0 aliphatic carbocycles. The Hall–Kier alpha value is -1.37. The molecule has 1 aromatic rings. The minimum atomic E-state index is -0.100. The highest BCUT2D eigenvalue weighted by molar-refractivity contribution is 5.81. The molecule has 0 bridgehead atoms. The lowest BCUT2D eigenvalue weighted by molar-refractivity contribution is -0.126. The first-order valence-electron chi connectivity index (χ1n) is 7.67. The lowest BCUT2D eigenvalue weighted by atomic mass is 10.2. The van der Waals surface area contributed by atoms with E-state index in [0.717, 1.165) is 51.4 Å².